The molecular weight excluding hydrogens is 322 g/mol. The molecule has 1 saturated heterocycles. The Morgan fingerprint density at radius 3 is 2.65 bits per heavy atom. The van der Waals surface area contributed by atoms with E-state index in [1.165, 1.54) is 17.4 Å². The van der Waals surface area contributed by atoms with Crippen LogP contribution in [0, 0.1) is 18.8 Å². The fraction of sp³-hybridized carbons (Fsp3) is 0.583. The Kier molecular flexibility index (Phi) is 3.36. The molecule has 1 aromatic heterocycles. The van der Waals surface area contributed by atoms with Crippen LogP contribution in [-0.2, 0) is 14.8 Å². The van der Waals surface area contributed by atoms with Crippen LogP contribution in [0.4, 0.5) is 0 Å². The standard InChI is InChI=1S/C12H14ClNO4S2/c1-6-9(4-10(13)19-6)20(17,18)14-5-7-2-3-8(7)11(14)12(15)16/h4,7-8,11H,2-3,5H2,1H3,(H,15,16)/t7-,8-,11-/m0/s1. The van der Waals surface area contributed by atoms with Crippen LogP contribution in [0.15, 0.2) is 11.0 Å². The second-order valence-electron chi connectivity index (χ2n) is 5.33. The normalized spacial score (nSPS) is 30.0. The van der Waals surface area contributed by atoms with Crippen molar-refractivity contribution in [1.82, 2.24) is 4.31 Å². The van der Waals surface area contributed by atoms with Gasteiger partial charge in [0.15, 0.2) is 0 Å². The summed E-state index contributed by atoms with van der Waals surface area (Å²) in [5.74, 6) is -0.920. The van der Waals surface area contributed by atoms with E-state index in [2.05, 4.69) is 0 Å². The van der Waals surface area contributed by atoms with Crippen LogP contribution in [0.1, 0.15) is 17.7 Å². The van der Waals surface area contributed by atoms with Crippen molar-refractivity contribution in [1.29, 1.82) is 0 Å². The van der Waals surface area contributed by atoms with E-state index in [4.69, 9.17) is 11.6 Å². The SMILES string of the molecule is Cc1sc(Cl)cc1S(=O)(=O)N1C[C@@H]2CC[C@@H]2[C@H]1C(=O)O. The lowest BCUT2D eigenvalue weighted by Gasteiger charge is -2.31. The maximum absolute atomic E-state index is 12.7. The summed E-state index contributed by atoms with van der Waals surface area (Å²) in [6.07, 6.45) is 1.70. The van der Waals surface area contributed by atoms with E-state index >= 15 is 0 Å². The van der Waals surface area contributed by atoms with E-state index in [1.807, 2.05) is 0 Å². The molecule has 1 aromatic rings. The molecule has 0 unspecified atom stereocenters. The number of thiophene rings is 1. The Labute approximate surface area is 126 Å². The van der Waals surface area contributed by atoms with E-state index in [0.717, 1.165) is 17.1 Å². The number of aliphatic carboxylic acids is 1. The predicted molar refractivity (Wildman–Crippen MR) is 75.6 cm³/mol. The molecule has 5 nitrogen and oxygen atoms in total. The molecule has 3 rings (SSSR count). The lowest BCUT2D eigenvalue weighted by atomic mass is 9.73. The molecule has 2 fully saturated rings. The van der Waals surface area contributed by atoms with Crippen LogP contribution >= 0.6 is 22.9 Å². The quantitative estimate of drug-likeness (QED) is 0.918. The van der Waals surface area contributed by atoms with E-state index in [-0.39, 0.29) is 16.7 Å². The summed E-state index contributed by atoms with van der Waals surface area (Å²) in [5.41, 5.74) is 0. The number of aryl methyl sites for hydroxylation is 1. The minimum Gasteiger partial charge on any atom is -0.480 e. The summed E-state index contributed by atoms with van der Waals surface area (Å²) in [7, 11) is -3.79. The monoisotopic (exact) mass is 335 g/mol. The highest BCUT2D eigenvalue weighted by Crippen LogP contribution is 2.47. The summed E-state index contributed by atoms with van der Waals surface area (Å²) in [5, 5.41) is 9.36. The van der Waals surface area contributed by atoms with Crippen molar-refractivity contribution >= 4 is 38.9 Å². The topological polar surface area (TPSA) is 74.7 Å². The van der Waals surface area contributed by atoms with E-state index in [9.17, 15) is 18.3 Å². The van der Waals surface area contributed by atoms with Crippen LogP contribution in [0.2, 0.25) is 4.34 Å². The molecule has 20 heavy (non-hydrogen) atoms. The number of halogens is 1. The van der Waals surface area contributed by atoms with Gasteiger partial charge in [-0.25, -0.2) is 8.42 Å². The minimum absolute atomic E-state index is 0.0447. The second kappa shape index (κ2) is 4.69. The third kappa shape index (κ3) is 1.99. The number of rotatable bonds is 3. The molecule has 0 bridgehead atoms. The first-order valence-electron chi connectivity index (χ1n) is 6.33. The Morgan fingerprint density at radius 1 is 1.50 bits per heavy atom. The molecule has 0 amide bonds. The highest BCUT2D eigenvalue weighted by Gasteiger charge is 2.54. The first-order valence-corrected chi connectivity index (χ1v) is 8.96. The van der Waals surface area contributed by atoms with Gasteiger partial charge in [0.2, 0.25) is 10.0 Å². The van der Waals surface area contributed by atoms with Crippen LogP contribution in [-0.4, -0.2) is 36.4 Å². The molecular formula is C12H14ClNO4S2. The van der Waals surface area contributed by atoms with Gasteiger partial charge in [-0.1, -0.05) is 11.6 Å². The number of sulfonamides is 1. The zero-order valence-corrected chi connectivity index (χ0v) is 13.1. The Bertz CT molecular complexity index is 669. The first-order chi connectivity index (χ1) is 9.32. The summed E-state index contributed by atoms with van der Waals surface area (Å²) < 4.78 is 27.0. The van der Waals surface area contributed by atoms with Crippen molar-refractivity contribution in [3.63, 3.8) is 0 Å². The van der Waals surface area contributed by atoms with Crippen molar-refractivity contribution in [2.45, 2.75) is 30.7 Å². The van der Waals surface area contributed by atoms with Crippen molar-refractivity contribution < 1.29 is 18.3 Å². The highest BCUT2D eigenvalue weighted by atomic mass is 35.5. The molecule has 2 heterocycles. The van der Waals surface area contributed by atoms with Crippen molar-refractivity contribution in [2.24, 2.45) is 11.8 Å². The smallest absolute Gasteiger partial charge is 0.322 e. The van der Waals surface area contributed by atoms with Crippen LogP contribution in [0.3, 0.4) is 0 Å². The lowest BCUT2D eigenvalue weighted by molar-refractivity contribution is -0.142. The molecule has 1 aliphatic heterocycles. The fourth-order valence-corrected chi connectivity index (χ4v) is 6.64. The van der Waals surface area contributed by atoms with Crippen molar-refractivity contribution in [3.05, 3.63) is 15.3 Å². The number of carbonyl (C=O) groups is 1. The molecule has 1 N–H and O–H groups in total. The summed E-state index contributed by atoms with van der Waals surface area (Å²) >= 11 is 7.06. The maximum Gasteiger partial charge on any atom is 0.322 e. The number of nitrogens with zero attached hydrogens (tertiary/aromatic N) is 1. The van der Waals surface area contributed by atoms with Crippen molar-refractivity contribution in [2.75, 3.05) is 6.54 Å². The molecule has 8 heteroatoms. The van der Waals surface area contributed by atoms with E-state index in [0.29, 0.717) is 15.8 Å². The molecule has 1 aliphatic carbocycles. The van der Waals surface area contributed by atoms with Crippen LogP contribution in [0.25, 0.3) is 0 Å². The van der Waals surface area contributed by atoms with Gasteiger partial charge in [-0.05, 0) is 37.7 Å². The van der Waals surface area contributed by atoms with Gasteiger partial charge in [-0.2, -0.15) is 4.31 Å². The summed E-state index contributed by atoms with van der Waals surface area (Å²) in [6.45, 7) is 1.99. The van der Waals surface area contributed by atoms with Gasteiger partial charge in [-0.3, -0.25) is 4.79 Å². The van der Waals surface area contributed by atoms with Gasteiger partial charge in [-0.15, -0.1) is 11.3 Å². The zero-order chi connectivity index (χ0) is 14.7. The average Bonchev–Trinajstić information content (AvgIpc) is 2.77. The Balaban J connectivity index is 2.02. The fourth-order valence-electron chi connectivity index (χ4n) is 3.16. The van der Waals surface area contributed by atoms with E-state index in [1.54, 1.807) is 6.92 Å². The van der Waals surface area contributed by atoms with Gasteiger partial charge >= 0.3 is 5.97 Å². The highest BCUT2D eigenvalue weighted by molar-refractivity contribution is 7.89. The molecule has 3 atom stereocenters. The summed E-state index contributed by atoms with van der Waals surface area (Å²) in [6, 6.07) is 0.479. The number of carboxylic acids is 1. The van der Waals surface area contributed by atoms with Gasteiger partial charge in [0.05, 0.1) is 9.23 Å². The number of carboxylic acid groups (broad SMARTS) is 1. The Hall–Kier alpha value is -0.630. The Morgan fingerprint density at radius 2 is 2.20 bits per heavy atom. The first kappa shape index (κ1) is 14.3. The molecule has 0 radical (unpaired) electrons. The van der Waals surface area contributed by atoms with Crippen molar-refractivity contribution in [3.8, 4) is 0 Å². The van der Waals surface area contributed by atoms with Gasteiger partial charge in [0.25, 0.3) is 0 Å². The van der Waals surface area contributed by atoms with E-state index < -0.39 is 22.0 Å². The lowest BCUT2D eigenvalue weighted by Crippen LogP contribution is -2.43. The number of fused-ring (bicyclic) bond motifs is 1. The van der Waals surface area contributed by atoms with Gasteiger partial charge < -0.3 is 5.11 Å². The largest absolute Gasteiger partial charge is 0.480 e. The molecule has 110 valence electrons. The maximum atomic E-state index is 12.7. The molecule has 1 saturated carbocycles. The van der Waals surface area contributed by atoms with Gasteiger partial charge in [0, 0.05) is 11.4 Å². The molecule has 2 aliphatic rings. The predicted octanol–water partition coefficient (Wildman–Crippen LogP) is 2.19. The number of hydrogen-bond donors (Lipinski definition) is 1. The number of hydrogen-bond acceptors (Lipinski definition) is 4. The van der Waals surface area contributed by atoms with Crippen LogP contribution < -0.4 is 0 Å². The second-order valence-corrected chi connectivity index (χ2v) is 9.08. The third-order valence-corrected chi connectivity index (χ3v) is 7.57. The summed E-state index contributed by atoms with van der Waals surface area (Å²) in [4.78, 5) is 12.2. The molecule has 0 aromatic carbocycles. The minimum atomic E-state index is -3.79. The molecule has 0 spiro atoms. The third-order valence-electron chi connectivity index (χ3n) is 4.29. The average molecular weight is 336 g/mol. The van der Waals surface area contributed by atoms with Crippen LogP contribution in [0.5, 0.6) is 0 Å². The van der Waals surface area contributed by atoms with Gasteiger partial charge in [0.1, 0.15) is 6.04 Å². The zero-order valence-electron chi connectivity index (χ0n) is 10.7.